The van der Waals surface area contributed by atoms with E-state index in [1.807, 2.05) is 25.1 Å². The third-order valence-corrected chi connectivity index (χ3v) is 14.1. The number of fused-ring (bicyclic) bond motifs is 8. The normalized spacial score (nSPS) is 27.2. The highest BCUT2D eigenvalue weighted by molar-refractivity contribution is 7.21. The van der Waals surface area contributed by atoms with Crippen LogP contribution in [0.5, 0.6) is 0 Å². The van der Waals surface area contributed by atoms with Gasteiger partial charge >= 0.3 is 12.1 Å². The van der Waals surface area contributed by atoms with Gasteiger partial charge in [-0.1, -0.05) is 18.2 Å². The van der Waals surface area contributed by atoms with E-state index in [1.165, 1.54) is 54.7 Å². The maximum atomic E-state index is 12.9. The van der Waals surface area contributed by atoms with E-state index in [-0.39, 0.29) is 29.3 Å². The van der Waals surface area contributed by atoms with Crippen molar-refractivity contribution in [3.63, 3.8) is 0 Å². The first-order chi connectivity index (χ1) is 23.4. The van der Waals surface area contributed by atoms with Crippen LogP contribution in [0.2, 0.25) is 0 Å². The van der Waals surface area contributed by atoms with Gasteiger partial charge in [0.25, 0.3) is 0 Å². The maximum absolute atomic E-state index is 12.9. The molecule has 6 aliphatic heterocycles. The van der Waals surface area contributed by atoms with Gasteiger partial charge in [0.05, 0.1) is 10.4 Å². The fraction of sp³-hybridized carbons (Fsp3) is 0.538. The number of nitrogens with two attached hydrogens (primary N) is 1. The Hall–Kier alpha value is -2.54. The predicted molar refractivity (Wildman–Crippen MR) is 205 cm³/mol. The molecule has 2 aromatic carbocycles. The summed E-state index contributed by atoms with van der Waals surface area (Å²) in [6.07, 6.45) is 1.05. The Labute approximate surface area is 312 Å². The topological polar surface area (TPSA) is 86.9 Å². The van der Waals surface area contributed by atoms with E-state index in [4.69, 9.17) is 10.8 Å². The van der Waals surface area contributed by atoms with E-state index in [1.54, 1.807) is 12.1 Å². The van der Waals surface area contributed by atoms with Crippen LogP contribution in [-0.2, 0) is 6.18 Å². The molecule has 2 aromatic heterocycles. The summed E-state index contributed by atoms with van der Waals surface area (Å²) in [5, 5.41) is 10.5. The highest BCUT2D eigenvalue weighted by Gasteiger charge is 2.48. The lowest BCUT2D eigenvalue weighted by Crippen LogP contribution is -2.67. The predicted octanol–water partition coefficient (Wildman–Crippen LogP) is 9.76. The fourth-order valence-corrected chi connectivity index (χ4v) is 10.7. The molecule has 0 saturated carbocycles. The number of carboxylic acid groups (broad SMARTS) is 1. The second kappa shape index (κ2) is 15.1. The number of carbonyl (C=O) groups excluding carboxylic acids is 1. The molecular formula is C39H49ClF3N3O3S2. The second-order valence-electron chi connectivity index (χ2n) is 15.5. The number of hydrogen-bond donors (Lipinski definition) is 2. The SMILES string of the molecule is CC1(C)[C@@H](CC(=O)c2cc3ccc(C(F)(F)F)cc3s2)C2CCN1CC2.CC1(C)[C@@H](N)C2CCN1CC2.Cc1ccc2cc(C(=O)O)sc2c1.Cl. The van der Waals surface area contributed by atoms with Crippen LogP contribution < -0.4 is 5.73 Å². The number of hydrogen-bond acceptors (Lipinski definition) is 7. The average molecular weight is 764 g/mol. The molecule has 4 aromatic rings. The molecule has 6 fully saturated rings. The molecule has 4 bridgehead atoms. The zero-order valence-electron chi connectivity index (χ0n) is 29.9. The second-order valence-corrected chi connectivity index (χ2v) is 17.7. The molecule has 0 radical (unpaired) electrons. The Morgan fingerprint density at radius 2 is 1.31 bits per heavy atom. The van der Waals surface area contributed by atoms with Crippen LogP contribution in [0.1, 0.15) is 90.3 Å². The number of nitrogens with zero attached hydrogens (tertiary/aromatic N) is 2. The molecule has 6 saturated heterocycles. The van der Waals surface area contributed by atoms with Crippen molar-refractivity contribution in [3.8, 4) is 0 Å². The molecule has 10 rings (SSSR count). The minimum Gasteiger partial charge on any atom is -0.477 e. The first-order valence-electron chi connectivity index (χ1n) is 17.6. The largest absolute Gasteiger partial charge is 0.477 e. The van der Waals surface area contributed by atoms with Gasteiger partial charge in [-0.25, -0.2) is 4.79 Å². The number of Topliss-reactive ketones (excluding diaryl/α,β-unsaturated/α-hetero) is 1. The number of ketones is 1. The molecule has 6 aliphatic rings. The summed E-state index contributed by atoms with van der Waals surface area (Å²) in [7, 11) is 0. The molecule has 0 aliphatic carbocycles. The average Bonchev–Trinajstić information content (AvgIpc) is 3.70. The number of carbonyl (C=O) groups is 2. The summed E-state index contributed by atoms with van der Waals surface area (Å²) < 4.78 is 40.2. The van der Waals surface area contributed by atoms with Crippen molar-refractivity contribution in [2.45, 2.75) is 90.0 Å². The molecule has 2 atom stereocenters. The molecule has 0 unspecified atom stereocenters. The van der Waals surface area contributed by atoms with Gasteiger partial charge in [0.2, 0.25) is 0 Å². The number of aryl methyl sites for hydroxylation is 1. The Morgan fingerprint density at radius 3 is 1.82 bits per heavy atom. The summed E-state index contributed by atoms with van der Waals surface area (Å²) in [6.45, 7) is 15.7. The van der Waals surface area contributed by atoms with Gasteiger partial charge in [-0.15, -0.1) is 35.1 Å². The zero-order valence-corrected chi connectivity index (χ0v) is 32.3. The van der Waals surface area contributed by atoms with Gasteiger partial charge in [-0.3, -0.25) is 14.6 Å². The molecule has 51 heavy (non-hydrogen) atoms. The summed E-state index contributed by atoms with van der Waals surface area (Å²) in [5.74, 6) is 0.902. The van der Waals surface area contributed by atoms with E-state index < -0.39 is 17.7 Å². The van der Waals surface area contributed by atoms with Gasteiger partial charge in [0.1, 0.15) is 4.88 Å². The Morgan fingerprint density at radius 1 is 0.804 bits per heavy atom. The number of alkyl halides is 3. The molecule has 8 heterocycles. The van der Waals surface area contributed by atoms with Crippen LogP contribution in [0, 0.1) is 24.7 Å². The number of piperidine rings is 6. The molecule has 278 valence electrons. The van der Waals surface area contributed by atoms with Crippen molar-refractivity contribution >= 4 is 67.0 Å². The van der Waals surface area contributed by atoms with Crippen molar-refractivity contribution < 1.29 is 27.9 Å². The highest BCUT2D eigenvalue weighted by Crippen LogP contribution is 2.46. The minimum atomic E-state index is -4.36. The lowest BCUT2D eigenvalue weighted by atomic mass is 9.65. The van der Waals surface area contributed by atoms with Gasteiger partial charge in [0.15, 0.2) is 5.78 Å². The van der Waals surface area contributed by atoms with E-state index in [0.717, 1.165) is 59.6 Å². The van der Waals surface area contributed by atoms with Gasteiger partial charge in [-0.05, 0) is 151 Å². The fourth-order valence-electron chi connectivity index (χ4n) is 8.62. The zero-order chi connectivity index (χ0) is 36.2. The van der Waals surface area contributed by atoms with Crippen LogP contribution in [0.3, 0.4) is 0 Å². The van der Waals surface area contributed by atoms with E-state index in [9.17, 15) is 22.8 Å². The first-order valence-corrected chi connectivity index (χ1v) is 19.2. The summed E-state index contributed by atoms with van der Waals surface area (Å²) in [6, 6.07) is 13.5. The van der Waals surface area contributed by atoms with E-state index in [2.05, 4.69) is 37.5 Å². The molecule has 0 spiro atoms. The molecular weight excluding hydrogens is 715 g/mol. The highest BCUT2D eigenvalue weighted by atomic mass is 35.5. The van der Waals surface area contributed by atoms with Gasteiger partial charge in [-0.2, -0.15) is 13.2 Å². The van der Waals surface area contributed by atoms with Crippen molar-refractivity contribution in [2.75, 3.05) is 26.2 Å². The summed E-state index contributed by atoms with van der Waals surface area (Å²) >= 11 is 2.50. The van der Waals surface area contributed by atoms with Gasteiger partial charge < -0.3 is 10.8 Å². The smallest absolute Gasteiger partial charge is 0.416 e. The van der Waals surface area contributed by atoms with Gasteiger partial charge in [0, 0.05) is 32.9 Å². The molecule has 6 nitrogen and oxygen atoms in total. The maximum Gasteiger partial charge on any atom is 0.416 e. The molecule has 3 N–H and O–H groups in total. The number of carboxylic acids is 1. The lowest BCUT2D eigenvalue weighted by Gasteiger charge is -2.56. The van der Waals surface area contributed by atoms with Crippen molar-refractivity contribution in [1.29, 1.82) is 0 Å². The van der Waals surface area contributed by atoms with E-state index >= 15 is 0 Å². The number of benzene rings is 2. The third-order valence-electron chi connectivity index (χ3n) is 11.9. The Kier molecular flexibility index (Phi) is 11.7. The lowest BCUT2D eigenvalue weighted by molar-refractivity contribution is -0.137. The van der Waals surface area contributed by atoms with Crippen LogP contribution in [0.15, 0.2) is 48.5 Å². The molecule has 0 amide bonds. The monoisotopic (exact) mass is 763 g/mol. The number of thiophene rings is 2. The number of rotatable bonds is 4. The summed E-state index contributed by atoms with van der Waals surface area (Å²) in [5.41, 5.74) is 6.93. The van der Waals surface area contributed by atoms with Crippen LogP contribution >= 0.6 is 35.1 Å². The van der Waals surface area contributed by atoms with Crippen molar-refractivity contribution in [2.24, 2.45) is 23.5 Å². The van der Waals surface area contributed by atoms with Crippen molar-refractivity contribution in [3.05, 3.63) is 69.4 Å². The Bertz CT molecular complexity index is 1870. The first kappa shape index (κ1) is 39.7. The van der Waals surface area contributed by atoms with Crippen molar-refractivity contribution in [1.82, 2.24) is 9.80 Å². The van der Waals surface area contributed by atoms with E-state index in [0.29, 0.717) is 44.1 Å². The standard InChI is InChI=1S/C20H22F3NOS.C10H8O2S.C9H18N2.ClH/c1-19(2)15(12-5-7-24(19)8-6-12)11-16(25)18-9-13-3-4-14(20(21,22)23)10-17(13)26-18;1-6-2-3-7-5-9(10(11)12)13-8(7)4-6;1-9(2)8(10)7-3-5-11(9)6-4-7;/h3-4,9-10,12,15H,5-8,11H2,1-2H3;2-5H,1H3,(H,11,12);7-8H,3-6,10H2,1-2H3;1H/t15-;;8-;/m0.0./s1. The minimum absolute atomic E-state index is 0. The van der Waals surface area contributed by atoms with Crippen LogP contribution in [0.4, 0.5) is 13.2 Å². The summed E-state index contributed by atoms with van der Waals surface area (Å²) in [4.78, 5) is 29.6. The molecule has 12 heteroatoms. The number of aromatic carboxylic acids is 1. The third kappa shape index (κ3) is 8.19. The van der Waals surface area contributed by atoms with Crippen LogP contribution in [-0.4, -0.2) is 70.0 Å². The number of halogens is 4. The van der Waals surface area contributed by atoms with Crippen LogP contribution in [0.25, 0.3) is 20.2 Å². The Balaban J connectivity index is 0.000000168. The quantitative estimate of drug-likeness (QED) is 0.201.